The van der Waals surface area contributed by atoms with Gasteiger partial charge in [0.1, 0.15) is 0 Å². The Hall–Kier alpha value is -1.36. The second kappa shape index (κ2) is 10.6. The molecule has 0 aromatic heterocycles. The van der Waals surface area contributed by atoms with E-state index in [2.05, 4.69) is 11.9 Å². The Labute approximate surface area is 116 Å². The molecule has 5 heteroatoms. The van der Waals surface area contributed by atoms with Crippen molar-refractivity contribution in [3.63, 3.8) is 0 Å². The molecule has 0 heterocycles. The van der Waals surface area contributed by atoms with E-state index in [0.29, 0.717) is 45.6 Å². The van der Waals surface area contributed by atoms with Gasteiger partial charge in [-0.1, -0.05) is 12.2 Å². The van der Waals surface area contributed by atoms with Gasteiger partial charge < -0.3 is 15.0 Å². The molecule has 0 saturated carbocycles. The fourth-order valence-electron chi connectivity index (χ4n) is 1.60. The van der Waals surface area contributed by atoms with Crippen molar-refractivity contribution in [3.05, 3.63) is 12.2 Å². The summed E-state index contributed by atoms with van der Waals surface area (Å²) in [5.74, 6) is -0.130. The molecular weight excluding hydrogens is 244 g/mol. The Morgan fingerprint density at radius 3 is 2.53 bits per heavy atom. The van der Waals surface area contributed by atoms with Crippen LogP contribution in [-0.2, 0) is 14.3 Å². The first-order chi connectivity index (χ1) is 9.01. The summed E-state index contributed by atoms with van der Waals surface area (Å²) in [7, 11) is 0. The normalized spacial score (nSPS) is 10.1. The molecule has 0 fully saturated rings. The van der Waals surface area contributed by atoms with Crippen molar-refractivity contribution in [2.24, 2.45) is 0 Å². The van der Waals surface area contributed by atoms with Crippen molar-refractivity contribution in [1.29, 1.82) is 0 Å². The summed E-state index contributed by atoms with van der Waals surface area (Å²) in [5.41, 5.74) is 0.970. The van der Waals surface area contributed by atoms with Crippen LogP contribution in [0, 0.1) is 0 Å². The van der Waals surface area contributed by atoms with Crippen LogP contribution < -0.4 is 5.32 Å². The first-order valence-electron chi connectivity index (χ1n) is 6.79. The van der Waals surface area contributed by atoms with Gasteiger partial charge in [-0.25, -0.2) is 0 Å². The Morgan fingerprint density at radius 2 is 2.00 bits per heavy atom. The molecule has 0 rings (SSSR count). The Kier molecular flexibility index (Phi) is 9.80. The molecule has 0 bridgehead atoms. The molecule has 0 spiro atoms. The Morgan fingerprint density at radius 1 is 1.32 bits per heavy atom. The molecule has 0 saturated heterocycles. The zero-order chi connectivity index (χ0) is 14.7. The lowest BCUT2D eigenvalue weighted by Crippen LogP contribution is -2.39. The highest BCUT2D eigenvalue weighted by Gasteiger charge is 2.10. The van der Waals surface area contributed by atoms with Crippen LogP contribution in [0.15, 0.2) is 12.2 Å². The van der Waals surface area contributed by atoms with E-state index in [1.165, 1.54) is 0 Å². The molecule has 0 aliphatic heterocycles. The second-order valence-electron chi connectivity index (χ2n) is 4.45. The molecule has 0 aliphatic carbocycles. The summed E-state index contributed by atoms with van der Waals surface area (Å²) < 4.78 is 4.82. The number of carbonyl (C=O) groups excluding carboxylic acids is 2. The number of likely N-dealkylation sites (N-methyl/N-ethyl adjacent to an activating group) is 1. The standard InChI is InChI=1S/C14H26N2O3/c1-5-16(11-12(3)4)13(17)10-15-9-7-8-14(18)19-6-2/h15H,3,5-11H2,1-2,4H3. The highest BCUT2D eigenvalue weighted by atomic mass is 16.5. The van der Waals surface area contributed by atoms with Crippen LogP contribution >= 0.6 is 0 Å². The third kappa shape index (κ3) is 9.25. The van der Waals surface area contributed by atoms with Crippen molar-refractivity contribution in [2.75, 3.05) is 32.8 Å². The number of nitrogens with one attached hydrogen (secondary N) is 1. The van der Waals surface area contributed by atoms with E-state index < -0.39 is 0 Å². The summed E-state index contributed by atoms with van der Waals surface area (Å²) >= 11 is 0. The number of hydrogen-bond acceptors (Lipinski definition) is 4. The summed E-state index contributed by atoms with van der Waals surface area (Å²) in [6, 6.07) is 0. The van der Waals surface area contributed by atoms with Gasteiger partial charge in [0, 0.05) is 19.5 Å². The minimum Gasteiger partial charge on any atom is -0.466 e. The van der Waals surface area contributed by atoms with E-state index in [1.54, 1.807) is 11.8 Å². The summed E-state index contributed by atoms with van der Waals surface area (Å²) in [6.45, 7) is 12.1. The second-order valence-corrected chi connectivity index (χ2v) is 4.45. The predicted molar refractivity (Wildman–Crippen MR) is 75.8 cm³/mol. The monoisotopic (exact) mass is 270 g/mol. The summed E-state index contributed by atoms with van der Waals surface area (Å²) in [4.78, 5) is 24.7. The van der Waals surface area contributed by atoms with Crippen LogP contribution in [0.2, 0.25) is 0 Å². The number of nitrogens with zero attached hydrogens (tertiary/aromatic N) is 1. The average molecular weight is 270 g/mol. The van der Waals surface area contributed by atoms with Gasteiger partial charge in [-0.3, -0.25) is 9.59 Å². The van der Waals surface area contributed by atoms with E-state index in [0.717, 1.165) is 5.57 Å². The predicted octanol–water partition coefficient (Wildman–Crippen LogP) is 1.34. The van der Waals surface area contributed by atoms with Gasteiger partial charge in [0.25, 0.3) is 0 Å². The molecule has 0 radical (unpaired) electrons. The fraction of sp³-hybridized carbons (Fsp3) is 0.714. The maximum atomic E-state index is 11.8. The lowest BCUT2D eigenvalue weighted by molar-refractivity contribution is -0.143. The zero-order valence-corrected chi connectivity index (χ0v) is 12.3. The molecule has 0 atom stereocenters. The van der Waals surface area contributed by atoms with E-state index in [-0.39, 0.29) is 11.9 Å². The number of amides is 1. The summed E-state index contributed by atoms with van der Waals surface area (Å²) in [5, 5.41) is 3.04. The van der Waals surface area contributed by atoms with Crippen molar-refractivity contribution in [3.8, 4) is 0 Å². The minimum absolute atomic E-state index is 0.0571. The third-order valence-electron chi connectivity index (χ3n) is 2.51. The van der Waals surface area contributed by atoms with E-state index in [1.807, 2.05) is 13.8 Å². The minimum atomic E-state index is -0.187. The van der Waals surface area contributed by atoms with Gasteiger partial charge >= 0.3 is 5.97 Å². The van der Waals surface area contributed by atoms with Crippen molar-refractivity contribution in [2.45, 2.75) is 33.6 Å². The van der Waals surface area contributed by atoms with E-state index in [4.69, 9.17) is 4.74 Å². The van der Waals surface area contributed by atoms with Gasteiger partial charge in [-0.15, -0.1) is 0 Å². The molecule has 0 unspecified atom stereocenters. The van der Waals surface area contributed by atoms with Gasteiger partial charge in [0.2, 0.25) is 5.91 Å². The van der Waals surface area contributed by atoms with Crippen molar-refractivity contribution >= 4 is 11.9 Å². The van der Waals surface area contributed by atoms with E-state index in [9.17, 15) is 9.59 Å². The van der Waals surface area contributed by atoms with Gasteiger partial charge in [-0.05, 0) is 33.7 Å². The smallest absolute Gasteiger partial charge is 0.305 e. The Balaban J connectivity index is 3.72. The number of esters is 1. The van der Waals surface area contributed by atoms with Gasteiger partial charge in [0.05, 0.1) is 13.2 Å². The fourth-order valence-corrected chi connectivity index (χ4v) is 1.60. The first kappa shape index (κ1) is 17.6. The van der Waals surface area contributed by atoms with Crippen LogP contribution in [0.3, 0.4) is 0 Å². The lowest BCUT2D eigenvalue weighted by atomic mass is 10.3. The zero-order valence-electron chi connectivity index (χ0n) is 12.3. The van der Waals surface area contributed by atoms with Gasteiger partial charge in [0.15, 0.2) is 0 Å². The highest BCUT2D eigenvalue weighted by molar-refractivity contribution is 5.78. The van der Waals surface area contributed by atoms with Crippen LogP contribution in [-0.4, -0.2) is 49.6 Å². The lowest BCUT2D eigenvalue weighted by Gasteiger charge is -2.21. The van der Waals surface area contributed by atoms with Crippen LogP contribution in [0.25, 0.3) is 0 Å². The van der Waals surface area contributed by atoms with Crippen LogP contribution in [0.1, 0.15) is 33.6 Å². The van der Waals surface area contributed by atoms with E-state index >= 15 is 0 Å². The molecule has 1 N–H and O–H groups in total. The van der Waals surface area contributed by atoms with Gasteiger partial charge in [-0.2, -0.15) is 0 Å². The molecular formula is C14H26N2O3. The number of carbonyl (C=O) groups is 2. The van der Waals surface area contributed by atoms with Crippen LogP contribution in [0.4, 0.5) is 0 Å². The first-order valence-corrected chi connectivity index (χ1v) is 6.79. The molecule has 1 amide bonds. The number of rotatable bonds is 10. The topological polar surface area (TPSA) is 58.6 Å². The largest absolute Gasteiger partial charge is 0.466 e. The average Bonchev–Trinajstić information content (AvgIpc) is 2.35. The van der Waals surface area contributed by atoms with Crippen molar-refractivity contribution < 1.29 is 14.3 Å². The molecule has 0 aromatic carbocycles. The molecule has 0 aliphatic rings. The number of ether oxygens (including phenoxy) is 1. The summed E-state index contributed by atoms with van der Waals surface area (Å²) in [6.07, 6.45) is 1.07. The molecule has 0 aromatic rings. The molecule has 19 heavy (non-hydrogen) atoms. The maximum absolute atomic E-state index is 11.8. The SMILES string of the molecule is C=C(C)CN(CC)C(=O)CNCCCC(=O)OCC. The molecule has 5 nitrogen and oxygen atoms in total. The van der Waals surface area contributed by atoms with Crippen LogP contribution in [0.5, 0.6) is 0 Å². The Bertz CT molecular complexity index is 303. The quantitative estimate of drug-likeness (QED) is 0.370. The maximum Gasteiger partial charge on any atom is 0.305 e. The van der Waals surface area contributed by atoms with Crippen molar-refractivity contribution in [1.82, 2.24) is 10.2 Å². The molecule has 110 valence electrons. The highest BCUT2D eigenvalue weighted by Crippen LogP contribution is 1.96. The number of hydrogen-bond donors (Lipinski definition) is 1. The third-order valence-corrected chi connectivity index (χ3v) is 2.51.